The number of hydrogen-bond donors (Lipinski definition) is 2. The molecule has 1 fully saturated rings. The van der Waals surface area contributed by atoms with E-state index in [1.54, 1.807) is 6.07 Å². The Kier molecular flexibility index (Phi) is 8.91. The Morgan fingerprint density at radius 1 is 1.29 bits per heavy atom. The van der Waals surface area contributed by atoms with Crippen LogP contribution in [0.1, 0.15) is 11.3 Å². The van der Waals surface area contributed by atoms with Crippen molar-refractivity contribution in [3.8, 4) is 0 Å². The maximum absolute atomic E-state index is 12.2. The van der Waals surface area contributed by atoms with E-state index in [2.05, 4.69) is 20.2 Å². The molecule has 1 saturated heterocycles. The van der Waals surface area contributed by atoms with Crippen molar-refractivity contribution in [3.05, 3.63) is 51.9 Å². The van der Waals surface area contributed by atoms with E-state index in [1.807, 2.05) is 12.1 Å². The molecule has 0 saturated carbocycles. The Labute approximate surface area is 194 Å². The van der Waals surface area contributed by atoms with Crippen molar-refractivity contribution >= 4 is 46.8 Å². The van der Waals surface area contributed by atoms with E-state index >= 15 is 0 Å². The predicted molar refractivity (Wildman–Crippen MR) is 119 cm³/mol. The number of ether oxygens (including phenoxy) is 1. The van der Waals surface area contributed by atoms with Crippen LogP contribution in [0.3, 0.4) is 0 Å². The number of halogens is 2. The standard InChI is InChI=1S/C20H22Cl2N4O4S/c21-16-2-1-13(5-17(16)22)10-26-3-4-30-15(11-26)8-24-18(27)12-31-19-9-23-7-14(25-19)6-20(28)29/h1-2,5,7,9,15H,3-4,6,8,10-12H2,(H,24,27)(H,28,29). The summed E-state index contributed by atoms with van der Waals surface area (Å²) in [4.78, 5) is 33.4. The monoisotopic (exact) mass is 484 g/mol. The molecular weight excluding hydrogens is 463 g/mol. The number of thioether (sulfide) groups is 1. The van der Waals surface area contributed by atoms with Gasteiger partial charge in [-0.15, -0.1) is 0 Å². The number of carboxylic acids is 1. The smallest absolute Gasteiger partial charge is 0.309 e. The number of carboxylic acid groups (broad SMARTS) is 1. The first-order valence-electron chi connectivity index (χ1n) is 9.59. The molecule has 1 atom stereocenters. The van der Waals surface area contributed by atoms with E-state index in [1.165, 1.54) is 24.2 Å². The third kappa shape index (κ3) is 7.93. The van der Waals surface area contributed by atoms with Gasteiger partial charge in [-0.25, -0.2) is 4.98 Å². The van der Waals surface area contributed by atoms with Gasteiger partial charge in [0.1, 0.15) is 5.03 Å². The van der Waals surface area contributed by atoms with E-state index in [0.717, 1.165) is 18.7 Å². The number of aliphatic carboxylic acids is 1. The Morgan fingerprint density at radius 2 is 2.13 bits per heavy atom. The molecule has 1 aliphatic heterocycles. The van der Waals surface area contributed by atoms with Crippen LogP contribution in [0.4, 0.5) is 0 Å². The molecule has 1 aromatic carbocycles. The topological polar surface area (TPSA) is 105 Å². The normalized spacial score (nSPS) is 16.8. The van der Waals surface area contributed by atoms with Crippen molar-refractivity contribution in [1.82, 2.24) is 20.2 Å². The maximum Gasteiger partial charge on any atom is 0.309 e. The summed E-state index contributed by atoms with van der Waals surface area (Å²) in [5, 5.41) is 13.3. The summed E-state index contributed by atoms with van der Waals surface area (Å²) in [6.07, 6.45) is 2.60. The molecule has 2 N–H and O–H groups in total. The highest BCUT2D eigenvalue weighted by Crippen LogP contribution is 2.23. The molecule has 1 unspecified atom stereocenters. The van der Waals surface area contributed by atoms with Crippen molar-refractivity contribution in [1.29, 1.82) is 0 Å². The number of rotatable bonds is 9. The summed E-state index contributed by atoms with van der Waals surface area (Å²) < 4.78 is 5.77. The van der Waals surface area contributed by atoms with Crippen LogP contribution in [0.15, 0.2) is 35.6 Å². The molecule has 11 heteroatoms. The Balaban J connectivity index is 1.41. The molecule has 0 radical (unpaired) electrons. The van der Waals surface area contributed by atoms with Gasteiger partial charge < -0.3 is 15.2 Å². The highest BCUT2D eigenvalue weighted by atomic mass is 35.5. The second-order valence-corrected chi connectivity index (χ2v) is 8.80. The van der Waals surface area contributed by atoms with Gasteiger partial charge in [0.15, 0.2) is 0 Å². The van der Waals surface area contributed by atoms with Crippen LogP contribution in [0.25, 0.3) is 0 Å². The summed E-state index contributed by atoms with van der Waals surface area (Å²) in [6, 6.07) is 5.60. The van der Waals surface area contributed by atoms with E-state index in [4.69, 9.17) is 33.0 Å². The largest absolute Gasteiger partial charge is 0.481 e. The number of benzene rings is 1. The van der Waals surface area contributed by atoms with Crippen LogP contribution in [-0.4, -0.2) is 69.9 Å². The molecule has 31 heavy (non-hydrogen) atoms. The number of nitrogens with one attached hydrogen (secondary N) is 1. The fourth-order valence-corrected chi connectivity index (χ4v) is 4.08. The minimum Gasteiger partial charge on any atom is -0.481 e. The molecule has 2 heterocycles. The zero-order valence-corrected chi connectivity index (χ0v) is 18.9. The van der Waals surface area contributed by atoms with Gasteiger partial charge in [-0.2, -0.15) is 0 Å². The molecule has 1 amide bonds. The number of carbonyl (C=O) groups excluding carboxylic acids is 1. The molecular formula is C20H22Cl2N4O4S. The molecule has 3 rings (SSSR count). The second kappa shape index (κ2) is 11.6. The lowest BCUT2D eigenvalue weighted by molar-refractivity contribution is -0.136. The van der Waals surface area contributed by atoms with Gasteiger partial charge in [0, 0.05) is 32.4 Å². The van der Waals surface area contributed by atoms with Crippen LogP contribution in [0.5, 0.6) is 0 Å². The summed E-state index contributed by atoms with van der Waals surface area (Å²) in [6.45, 7) is 3.21. The molecule has 1 aromatic heterocycles. The maximum atomic E-state index is 12.2. The van der Waals surface area contributed by atoms with Crippen molar-refractivity contribution in [2.24, 2.45) is 0 Å². The fraction of sp³-hybridized carbons (Fsp3) is 0.400. The van der Waals surface area contributed by atoms with Crippen molar-refractivity contribution in [2.75, 3.05) is 32.0 Å². The van der Waals surface area contributed by atoms with Gasteiger partial charge in [0.25, 0.3) is 0 Å². The predicted octanol–water partition coefficient (Wildman–Crippen LogP) is 2.52. The first-order valence-corrected chi connectivity index (χ1v) is 11.3. The Morgan fingerprint density at radius 3 is 2.90 bits per heavy atom. The highest BCUT2D eigenvalue weighted by molar-refractivity contribution is 7.99. The minimum absolute atomic E-state index is 0.107. The quantitative estimate of drug-likeness (QED) is 0.523. The molecule has 2 aromatic rings. The lowest BCUT2D eigenvalue weighted by Crippen LogP contribution is -2.47. The van der Waals surface area contributed by atoms with Crippen molar-refractivity contribution in [3.63, 3.8) is 0 Å². The van der Waals surface area contributed by atoms with Crippen molar-refractivity contribution in [2.45, 2.75) is 24.1 Å². The van der Waals surface area contributed by atoms with Gasteiger partial charge in [0.05, 0.1) is 46.8 Å². The number of morpholine rings is 1. The molecule has 0 aliphatic carbocycles. The van der Waals surface area contributed by atoms with Gasteiger partial charge in [-0.3, -0.25) is 19.5 Å². The molecule has 0 bridgehead atoms. The van der Waals surface area contributed by atoms with Crippen LogP contribution in [-0.2, 0) is 27.3 Å². The third-order valence-corrected chi connectivity index (χ3v) is 6.12. The van der Waals surface area contributed by atoms with Crippen LogP contribution >= 0.6 is 35.0 Å². The summed E-state index contributed by atoms with van der Waals surface area (Å²) in [5.41, 5.74) is 1.43. The minimum atomic E-state index is -0.977. The SMILES string of the molecule is O=C(O)Cc1cncc(SCC(=O)NCC2CN(Cc3ccc(Cl)c(Cl)c3)CCO2)n1. The summed E-state index contributed by atoms with van der Waals surface area (Å²) in [5.74, 6) is -0.971. The average Bonchev–Trinajstić information content (AvgIpc) is 2.73. The lowest BCUT2D eigenvalue weighted by atomic mass is 10.2. The molecule has 8 nitrogen and oxygen atoms in total. The molecule has 0 spiro atoms. The first-order chi connectivity index (χ1) is 14.9. The van der Waals surface area contributed by atoms with Crippen molar-refractivity contribution < 1.29 is 19.4 Å². The molecule has 1 aliphatic rings. The summed E-state index contributed by atoms with van der Waals surface area (Å²) >= 11 is 13.3. The number of amides is 1. The van der Waals surface area contributed by atoms with Gasteiger partial charge in [0.2, 0.25) is 5.91 Å². The van der Waals surface area contributed by atoms with Crippen LogP contribution in [0.2, 0.25) is 10.0 Å². The Bertz CT molecular complexity index is 934. The number of hydrogen-bond acceptors (Lipinski definition) is 7. The number of nitrogens with zero attached hydrogens (tertiary/aromatic N) is 3. The average molecular weight is 485 g/mol. The zero-order chi connectivity index (χ0) is 22.2. The van der Waals surface area contributed by atoms with Gasteiger partial charge in [-0.1, -0.05) is 41.0 Å². The van der Waals surface area contributed by atoms with E-state index < -0.39 is 5.97 Å². The van der Waals surface area contributed by atoms with Gasteiger partial charge in [-0.05, 0) is 17.7 Å². The number of carbonyl (C=O) groups is 2. The van der Waals surface area contributed by atoms with E-state index in [0.29, 0.717) is 40.5 Å². The summed E-state index contributed by atoms with van der Waals surface area (Å²) in [7, 11) is 0. The first kappa shape index (κ1) is 23.7. The zero-order valence-electron chi connectivity index (χ0n) is 16.6. The Hall–Kier alpha value is -1.91. The van der Waals surface area contributed by atoms with Crippen LogP contribution < -0.4 is 5.32 Å². The van der Waals surface area contributed by atoms with Crippen LogP contribution in [0, 0.1) is 0 Å². The van der Waals surface area contributed by atoms with E-state index in [-0.39, 0.29) is 24.2 Å². The highest BCUT2D eigenvalue weighted by Gasteiger charge is 2.21. The van der Waals surface area contributed by atoms with E-state index in [9.17, 15) is 9.59 Å². The van der Waals surface area contributed by atoms with Gasteiger partial charge >= 0.3 is 5.97 Å². The fourth-order valence-electron chi connectivity index (χ4n) is 3.06. The third-order valence-electron chi connectivity index (χ3n) is 4.49. The number of aromatic nitrogens is 2. The second-order valence-electron chi connectivity index (χ2n) is 6.99. The molecule has 166 valence electrons. The lowest BCUT2D eigenvalue weighted by Gasteiger charge is -2.33.